The van der Waals surface area contributed by atoms with Crippen LogP contribution in [0.5, 0.6) is 0 Å². The smallest absolute Gasteiger partial charge is 0.239 e. The average molecular weight is 324 g/mol. The number of amides is 1. The van der Waals surface area contributed by atoms with Crippen LogP contribution >= 0.6 is 11.6 Å². The highest BCUT2D eigenvalue weighted by molar-refractivity contribution is 6.31. The zero-order valence-electron chi connectivity index (χ0n) is 13.8. The Labute approximate surface area is 138 Å². The summed E-state index contributed by atoms with van der Waals surface area (Å²) in [5.74, 6) is 0.213. The highest BCUT2D eigenvalue weighted by atomic mass is 35.5. The zero-order valence-corrected chi connectivity index (χ0v) is 14.5. The molecule has 1 atom stereocenters. The molecular weight excluding hydrogens is 298 g/mol. The molecule has 1 aromatic carbocycles. The number of hydrogen-bond acceptors (Lipinski definition) is 3. The summed E-state index contributed by atoms with van der Waals surface area (Å²) in [5, 5.41) is 0.755. The monoisotopic (exact) mass is 323 g/mol. The molecule has 1 fully saturated rings. The first-order valence-electron chi connectivity index (χ1n) is 7.97. The number of hydrogen-bond donors (Lipinski definition) is 0. The van der Waals surface area contributed by atoms with Gasteiger partial charge in [-0.2, -0.15) is 0 Å². The predicted molar refractivity (Wildman–Crippen MR) is 91.1 cm³/mol. The number of carbonyl (C=O) groups excluding carboxylic acids is 1. The fraction of sp³-hybridized carbons (Fsp3) is 0.588. The van der Waals surface area contributed by atoms with Gasteiger partial charge in [0.15, 0.2) is 0 Å². The van der Waals surface area contributed by atoms with Gasteiger partial charge in [-0.05, 0) is 32.1 Å². The molecule has 0 aromatic heterocycles. The Morgan fingerprint density at radius 1 is 1.27 bits per heavy atom. The van der Waals surface area contributed by atoms with E-state index in [1.165, 1.54) is 0 Å². The Hall–Kier alpha value is -1.10. The molecule has 1 aliphatic heterocycles. The molecule has 2 rings (SSSR count). The van der Waals surface area contributed by atoms with Crippen LogP contribution in [0.3, 0.4) is 0 Å². The third-order valence-corrected chi connectivity index (χ3v) is 4.90. The molecule has 1 aromatic rings. The maximum atomic E-state index is 12.6. The van der Waals surface area contributed by atoms with Crippen LogP contribution in [0.1, 0.15) is 19.4 Å². The largest absolute Gasteiger partial charge is 0.339 e. The molecule has 122 valence electrons. The second kappa shape index (κ2) is 7.95. The van der Waals surface area contributed by atoms with Crippen molar-refractivity contribution in [3.05, 3.63) is 34.9 Å². The van der Waals surface area contributed by atoms with Gasteiger partial charge in [-0.15, -0.1) is 0 Å². The molecule has 0 bridgehead atoms. The number of halogens is 1. The van der Waals surface area contributed by atoms with Gasteiger partial charge in [-0.1, -0.05) is 36.7 Å². The molecule has 4 nitrogen and oxygen atoms in total. The van der Waals surface area contributed by atoms with E-state index in [2.05, 4.69) is 16.7 Å². The minimum atomic E-state index is -0.135. The van der Waals surface area contributed by atoms with Crippen molar-refractivity contribution in [2.45, 2.75) is 26.4 Å². The summed E-state index contributed by atoms with van der Waals surface area (Å²) in [4.78, 5) is 19.1. The second-order valence-electron chi connectivity index (χ2n) is 5.94. The minimum absolute atomic E-state index is 0.135. The van der Waals surface area contributed by atoms with E-state index in [0.29, 0.717) is 6.54 Å². The maximum Gasteiger partial charge on any atom is 0.239 e. The fourth-order valence-electron chi connectivity index (χ4n) is 2.77. The van der Waals surface area contributed by atoms with Crippen LogP contribution in [0, 0.1) is 0 Å². The third kappa shape index (κ3) is 4.22. The molecule has 0 saturated carbocycles. The van der Waals surface area contributed by atoms with Gasteiger partial charge in [-0.3, -0.25) is 9.69 Å². The maximum absolute atomic E-state index is 12.6. The van der Waals surface area contributed by atoms with Gasteiger partial charge in [-0.25, -0.2) is 0 Å². The van der Waals surface area contributed by atoms with E-state index in [1.807, 2.05) is 43.1 Å². The zero-order chi connectivity index (χ0) is 16.1. The van der Waals surface area contributed by atoms with E-state index >= 15 is 0 Å². The van der Waals surface area contributed by atoms with Gasteiger partial charge in [0.1, 0.15) is 0 Å². The van der Waals surface area contributed by atoms with Gasteiger partial charge < -0.3 is 9.80 Å². The summed E-state index contributed by atoms with van der Waals surface area (Å²) in [6.07, 6.45) is 0. The SMILES string of the molecule is CCN1CCN(C(=O)[C@H](C)N(C)Cc2ccccc2Cl)CC1. The van der Waals surface area contributed by atoms with Crippen molar-refractivity contribution in [2.75, 3.05) is 39.8 Å². The first-order chi connectivity index (χ1) is 10.5. The van der Waals surface area contributed by atoms with Crippen LogP contribution in [0.15, 0.2) is 24.3 Å². The van der Waals surface area contributed by atoms with Crippen molar-refractivity contribution in [1.29, 1.82) is 0 Å². The van der Waals surface area contributed by atoms with Crippen molar-refractivity contribution >= 4 is 17.5 Å². The van der Waals surface area contributed by atoms with E-state index in [4.69, 9.17) is 11.6 Å². The number of likely N-dealkylation sites (N-methyl/N-ethyl adjacent to an activating group) is 2. The second-order valence-corrected chi connectivity index (χ2v) is 6.35. The third-order valence-electron chi connectivity index (χ3n) is 4.53. The summed E-state index contributed by atoms with van der Waals surface area (Å²) in [6.45, 7) is 9.49. The standard InChI is InChI=1S/C17H26ClN3O/c1-4-20-9-11-21(12-10-20)17(22)14(2)19(3)13-15-7-5-6-8-16(15)18/h5-8,14H,4,9-13H2,1-3H3/t14-/m0/s1. The lowest BCUT2D eigenvalue weighted by molar-refractivity contribution is -0.137. The van der Waals surface area contributed by atoms with Gasteiger partial charge in [0, 0.05) is 37.7 Å². The summed E-state index contributed by atoms with van der Waals surface area (Å²) in [6, 6.07) is 7.67. The van der Waals surface area contributed by atoms with Crippen LogP contribution in [-0.4, -0.2) is 66.4 Å². The fourth-order valence-corrected chi connectivity index (χ4v) is 2.96. The Morgan fingerprint density at radius 2 is 1.91 bits per heavy atom. The van der Waals surface area contributed by atoms with Crippen molar-refractivity contribution in [3.8, 4) is 0 Å². The number of nitrogens with zero attached hydrogens (tertiary/aromatic N) is 3. The first kappa shape index (κ1) is 17.3. The predicted octanol–water partition coefficient (Wildman–Crippen LogP) is 2.32. The molecule has 1 aliphatic rings. The lowest BCUT2D eigenvalue weighted by Gasteiger charge is -2.37. The van der Waals surface area contributed by atoms with Crippen molar-refractivity contribution in [3.63, 3.8) is 0 Å². The van der Waals surface area contributed by atoms with Gasteiger partial charge in [0.25, 0.3) is 0 Å². The summed E-state index contributed by atoms with van der Waals surface area (Å²) >= 11 is 6.21. The molecule has 1 saturated heterocycles. The van der Waals surface area contributed by atoms with E-state index in [1.54, 1.807) is 0 Å². The molecule has 0 unspecified atom stereocenters. The Kier molecular flexibility index (Phi) is 6.24. The quantitative estimate of drug-likeness (QED) is 0.832. The highest BCUT2D eigenvalue weighted by Crippen LogP contribution is 2.18. The molecule has 0 N–H and O–H groups in total. The minimum Gasteiger partial charge on any atom is -0.339 e. The lowest BCUT2D eigenvalue weighted by atomic mass is 10.1. The van der Waals surface area contributed by atoms with Crippen molar-refractivity contribution in [2.24, 2.45) is 0 Å². The number of carbonyl (C=O) groups is 1. The van der Waals surface area contributed by atoms with Crippen molar-refractivity contribution in [1.82, 2.24) is 14.7 Å². The highest BCUT2D eigenvalue weighted by Gasteiger charge is 2.26. The van der Waals surface area contributed by atoms with Crippen LogP contribution in [0.4, 0.5) is 0 Å². The molecule has 0 spiro atoms. The number of rotatable bonds is 5. The van der Waals surface area contributed by atoms with Crippen molar-refractivity contribution < 1.29 is 4.79 Å². The molecule has 0 radical (unpaired) electrons. The molecule has 0 aliphatic carbocycles. The van der Waals surface area contributed by atoms with E-state index in [-0.39, 0.29) is 11.9 Å². The first-order valence-corrected chi connectivity index (χ1v) is 8.35. The van der Waals surface area contributed by atoms with Crippen LogP contribution in [0.2, 0.25) is 5.02 Å². The van der Waals surface area contributed by atoms with E-state index in [9.17, 15) is 4.79 Å². The molecule has 1 amide bonds. The molecule has 5 heteroatoms. The number of benzene rings is 1. The van der Waals surface area contributed by atoms with Gasteiger partial charge >= 0.3 is 0 Å². The van der Waals surface area contributed by atoms with Crippen LogP contribution in [0.25, 0.3) is 0 Å². The molecule has 22 heavy (non-hydrogen) atoms. The Morgan fingerprint density at radius 3 is 2.50 bits per heavy atom. The topological polar surface area (TPSA) is 26.8 Å². The average Bonchev–Trinajstić information content (AvgIpc) is 2.55. The summed E-state index contributed by atoms with van der Waals surface area (Å²) < 4.78 is 0. The van der Waals surface area contributed by atoms with Gasteiger partial charge in [0.2, 0.25) is 5.91 Å². The summed E-state index contributed by atoms with van der Waals surface area (Å²) in [7, 11) is 1.98. The summed E-state index contributed by atoms with van der Waals surface area (Å²) in [5.41, 5.74) is 1.06. The Bertz CT molecular complexity index is 500. The molecular formula is C17H26ClN3O. The van der Waals surface area contributed by atoms with E-state index < -0.39 is 0 Å². The van der Waals surface area contributed by atoms with Crippen LogP contribution < -0.4 is 0 Å². The normalized spacial score (nSPS) is 17.8. The lowest BCUT2D eigenvalue weighted by Crippen LogP contribution is -2.53. The molecule has 1 heterocycles. The number of piperazine rings is 1. The van der Waals surface area contributed by atoms with Crippen LogP contribution in [-0.2, 0) is 11.3 Å². The Balaban J connectivity index is 1.91. The van der Waals surface area contributed by atoms with Gasteiger partial charge in [0.05, 0.1) is 6.04 Å². The van der Waals surface area contributed by atoms with E-state index in [0.717, 1.165) is 43.3 Å².